The maximum absolute atomic E-state index is 14.0. The van der Waals surface area contributed by atoms with Gasteiger partial charge in [-0.2, -0.15) is 5.26 Å². The summed E-state index contributed by atoms with van der Waals surface area (Å²) in [4.78, 5) is 28.2. The molecule has 0 spiro atoms. The molecule has 0 fully saturated rings. The van der Waals surface area contributed by atoms with E-state index < -0.39 is 23.3 Å². The monoisotopic (exact) mass is 590 g/mol. The molecule has 0 bridgehead atoms. The number of nitriles is 1. The van der Waals surface area contributed by atoms with Crippen LogP contribution >= 0.6 is 31.9 Å². The van der Waals surface area contributed by atoms with E-state index in [0.29, 0.717) is 21.2 Å². The van der Waals surface area contributed by atoms with Crippen molar-refractivity contribution >= 4 is 48.2 Å². The molecule has 3 aromatic rings. The summed E-state index contributed by atoms with van der Waals surface area (Å²) in [6.45, 7) is 4.04. The summed E-state index contributed by atoms with van der Waals surface area (Å²) in [5.74, 6) is -1.97. The second kappa shape index (κ2) is 10.0. The van der Waals surface area contributed by atoms with Gasteiger partial charge in [-0.3, -0.25) is 9.69 Å². The molecule has 2 atom stereocenters. The molecule has 1 aliphatic rings. The molecular weight excluding hydrogens is 572 g/mol. The van der Waals surface area contributed by atoms with E-state index in [1.165, 1.54) is 12.0 Å². The molecule has 174 valence electrons. The third-order valence-electron chi connectivity index (χ3n) is 6.04. The molecule has 7 heteroatoms. The van der Waals surface area contributed by atoms with Crippen molar-refractivity contribution in [3.8, 4) is 6.07 Å². The first kappa shape index (κ1) is 24.6. The summed E-state index contributed by atoms with van der Waals surface area (Å²) in [6, 6.07) is 25.8. The molecule has 5 nitrogen and oxygen atoms in total. The van der Waals surface area contributed by atoms with E-state index in [1.807, 2.05) is 48.5 Å². The molecular formula is C28H20Br2N2O3. The molecule has 0 unspecified atom stereocenters. The van der Waals surface area contributed by atoms with Crippen LogP contribution in [0.25, 0.3) is 4.48 Å². The number of esters is 1. The maximum atomic E-state index is 14.0. The Hall–Kier alpha value is -3.47. The Balaban J connectivity index is 2.05. The molecule has 1 heterocycles. The van der Waals surface area contributed by atoms with Gasteiger partial charge in [-0.05, 0) is 51.3 Å². The molecule has 0 saturated carbocycles. The number of carbonyl (C=O) groups is 2. The number of halogens is 2. The van der Waals surface area contributed by atoms with E-state index in [2.05, 4.69) is 44.5 Å². The van der Waals surface area contributed by atoms with Crippen LogP contribution in [-0.2, 0) is 15.1 Å². The van der Waals surface area contributed by atoms with Crippen molar-refractivity contribution < 1.29 is 14.3 Å². The average molecular weight is 592 g/mol. The van der Waals surface area contributed by atoms with Crippen molar-refractivity contribution in [3.63, 3.8) is 0 Å². The Morgan fingerprint density at radius 1 is 1.00 bits per heavy atom. The topological polar surface area (TPSA) is 70.4 Å². The lowest BCUT2D eigenvalue weighted by atomic mass is 9.68. The maximum Gasteiger partial charge on any atom is 0.333 e. The predicted octanol–water partition coefficient (Wildman–Crippen LogP) is 6.53. The highest BCUT2D eigenvalue weighted by molar-refractivity contribution is 9.15. The van der Waals surface area contributed by atoms with Crippen LogP contribution in [0, 0.1) is 11.3 Å². The van der Waals surface area contributed by atoms with E-state index in [-0.39, 0.29) is 5.57 Å². The Kier molecular flexibility index (Phi) is 7.06. The zero-order valence-electron chi connectivity index (χ0n) is 18.7. The number of nitrogens with zero attached hydrogens (tertiary/aromatic N) is 2. The van der Waals surface area contributed by atoms with Gasteiger partial charge in [0, 0.05) is 31.9 Å². The molecule has 1 aliphatic heterocycles. The number of ether oxygens (including phenoxy) is 1. The first-order chi connectivity index (χ1) is 16.8. The number of benzene rings is 3. The van der Waals surface area contributed by atoms with Gasteiger partial charge >= 0.3 is 5.97 Å². The standard InChI is InChI=1S/C28H20Br2N2O3/c1-18(27(34)35-2)25(19-8-4-3-5-9-19)28(17-31)23-11-7-6-10-22(23)24(30)16-32(28)26(33)20-12-14-21(29)15-13-20/h3-16,25H,1H2,2H3/t25-,28-/m0/s1. The van der Waals surface area contributed by atoms with Gasteiger partial charge in [-0.1, -0.05) is 77.1 Å². The van der Waals surface area contributed by atoms with Crippen molar-refractivity contribution in [2.75, 3.05) is 7.11 Å². The van der Waals surface area contributed by atoms with Gasteiger partial charge in [0.1, 0.15) is 0 Å². The highest BCUT2D eigenvalue weighted by atomic mass is 79.9. The van der Waals surface area contributed by atoms with E-state index in [0.717, 1.165) is 10.0 Å². The molecule has 3 aromatic carbocycles. The fourth-order valence-electron chi connectivity index (χ4n) is 4.45. The van der Waals surface area contributed by atoms with Crippen LogP contribution in [0.3, 0.4) is 0 Å². The Morgan fingerprint density at radius 3 is 2.26 bits per heavy atom. The van der Waals surface area contributed by atoms with Gasteiger partial charge in [0.2, 0.25) is 0 Å². The van der Waals surface area contributed by atoms with Crippen molar-refractivity contribution in [3.05, 3.63) is 124 Å². The zero-order chi connectivity index (χ0) is 25.2. The predicted molar refractivity (Wildman–Crippen MR) is 141 cm³/mol. The molecule has 4 rings (SSSR count). The van der Waals surface area contributed by atoms with Crippen LogP contribution in [0.5, 0.6) is 0 Å². The Bertz CT molecular complexity index is 1380. The normalized spacial score (nSPS) is 17.4. The first-order valence-electron chi connectivity index (χ1n) is 10.6. The van der Waals surface area contributed by atoms with Crippen molar-refractivity contribution in [1.29, 1.82) is 5.26 Å². The minimum atomic E-state index is -1.63. The average Bonchev–Trinajstić information content (AvgIpc) is 2.90. The number of hydrogen-bond donors (Lipinski definition) is 0. The molecule has 1 amide bonds. The van der Waals surface area contributed by atoms with Gasteiger partial charge < -0.3 is 4.74 Å². The summed E-state index contributed by atoms with van der Waals surface area (Å²) in [5, 5.41) is 10.9. The summed E-state index contributed by atoms with van der Waals surface area (Å²) in [7, 11) is 1.27. The zero-order valence-corrected chi connectivity index (χ0v) is 21.9. The fraction of sp³-hybridized carbons (Fsp3) is 0.107. The van der Waals surface area contributed by atoms with Gasteiger partial charge in [0.25, 0.3) is 5.91 Å². The minimum absolute atomic E-state index is 0.0649. The van der Waals surface area contributed by atoms with Crippen LogP contribution in [-0.4, -0.2) is 23.9 Å². The smallest absolute Gasteiger partial charge is 0.333 e. The highest BCUT2D eigenvalue weighted by Crippen LogP contribution is 2.52. The van der Waals surface area contributed by atoms with E-state index in [9.17, 15) is 14.9 Å². The second-order valence-corrected chi connectivity index (χ2v) is 9.71. The SMILES string of the molecule is C=C(C(=O)OC)[C@@H](c1ccccc1)[C@]1(C#N)c2ccccc2C(Br)=CN1C(=O)c1ccc(Br)cc1. The van der Waals surface area contributed by atoms with Gasteiger partial charge in [0.05, 0.1) is 19.1 Å². The lowest BCUT2D eigenvalue weighted by Crippen LogP contribution is -2.52. The molecule has 0 aromatic heterocycles. The number of hydrogen-bond acceptors (Lipinski definition) is 4. The number of rotatable bonds is 5. The molecule has 0 aliphatic carbocycles. The quantitative estimate of drug-likeness (QED) is 0.250. The number of fused-ring (bicyclic) bond motifs is 1. The number of carbonyl (C=O) groups excluding carboxylic acids is 2. The molecule has 0 radical (unpaired) electrons. The van der Waals surface area contributed by atoms with Crippen molar-refractivity contribution in [1.82, 2.24) is 4.90 Å². The lowest BCUT2D eigenvalue weighted by Gasteiger charge is -2.46. The van der Waals surface area contributed by atoms with Crippen molar-refractivity contribution in [2.45, 2.75) is 11.5 Å². The van der Waals surface area contributed by atoms with Crippen LogP contribution in [0.2, 0.25) is 0 Å². The second-order valence-electron chi connectivity index (χ2n) is 7.94. The van der Waals surface area contributed by atoms with E-state index in [1.54, 1.807) is 36.5 Å². The molecule has 35 heavy (non-hydrogen) atoms. The van der Waals surface area contributed by atoms with Crippen LogP contribution in [0.15, 0.2) is 102 Å². The van der Waals surface area contributed by atoms with E-state index >= 15 is 0 Å². The van der Waals surface area contributed by atoms with Gasteiger partial charge in [-0.25, -0.2) is 4.79 Å². The first-order valence-corrected chi connectivity index (χ1v) is 12.2. The summed E-state index contributed by atoms with van der Waals surface area (Å²) in [5.41, 5.74) is 0.785. The third-order valence-corrected chi connectivity index (χ3v) is 7.21. The van der Waals surface area contributed by atoms with Crippen LogP contribution in [0.4, 0.5) is 0 Å². The summed E-state index contributed by atoms with van der Waals surface area (Å²) >= 11 is 6.98. The number of methoxy groups -OCH3 is 1. The minimum Gasteiger partial charge on any atom is -0.466 e. The Labute approximate surface area is 220 Å². The lowest BCUT2D eigenvalue weighted by molar-refractivity contribution is -0.136. The highest BCUT2D eigenvalue weighted by Gasteiger charge is 2.54. The number of amides is 1. The van der Waals surface area contributed by atoms with Crippen molar-refractivity contribution in [2.24, 2.45) is 0 Å². The fourth-order valence-corrected chi connectivity index (χ4v) is 5.27. The third kappa shape index (κ3) is 4.24. The van der Waals surface area contributed by atoms with Crippen LogP contribution < -0.4 is 0 Å². The molecule has 0 N–H and O–H groups in total. The molecule has 0 saturated heterocycles. The Morgan fingerprint density at radius 2 is 1.63 bits per heavy atom. The van der Waals surface area contributed by atoms with Gasteiger partial charge in [-0.15, -0.1) is 0 Å². The van der Waals surface area contributed by atoms with Gasteiger partial charge in [0.15, 0.2) is 5.54 Å². The van der Waals surface area contributed by atoms with Crippen LogP contribution in [0.1, 0.15) is 33.0 Å². The largest absolute Gasteiger partial charge is 0.466 e. The van der Waals surface area contributed by atoms with E-state index in [4.69, 9.17) is 4.74 Å². The summed E-state index contributed by atoms with van der Waals surface area (Å²) in [6.07, 6.45) is 1.61. The summed E-state index contributed by atoms with van der Waals surface area (Å²) < 4.78 is 6.48.